The number of halogens is 4. The monoisotopic (exact) mass is 475 g/mol. The van der Waals surface area contributed by atoms with E-state index in [0.29, 0.717) is 28.9 Å². The van der Waals surface area contributed by atoms with Gasteiger partial charge in [0, 0.05) is 12.0 Å². The Hall–Kier alpha value is -3.42. The lowest BCUT2D eigenvalue weighted by molar-refractivity contribution is -0.138. The maximum absolute atomic E-state index is 14.7. The second kappa shape index (κ2) is 11.1. The Morgan fingerprint density at radius 2 is 1.82 bits per heavy atom. The molecule has 1 atom stereocenters. The van der Waals surface area contributed by atoms with E-state index < -0.39 is 29.6 Å². The highest BCUT2D eigenvalue weighted by atomic mass is 19.4. The van der Waals surface area contributed by atoms with Crippen molar-refractivity contribution in [2.75, 3.05) is 0 Å². The molecule has 0 unspecified atom stereocenters. The van der Waals surface area contributed by atoms with Gasteiger partial charge in [0.25, 0.3) is 0 Å². The van der Waals surface area contributed by atoms with Crippen molar-refractivity contribution in [1.29, 1.82) is 0 Å². The van der Waals surface area contributed by atoms with Crippen molar-refractivity contribution >= 4 is 5.97 Å². The molecular formula is C26H25F4NO3. The van der Waals surface area contributed by atoms with E-state index in [1.807, 2.05) is 6.92 Å². The van der Waals surface area contributed by atoms with Crippen LogP contribution in [0.25, 0.3) is 11.3 Å². The fourth-order valence-electron chi connectivity index (χ4n) is 3.48. The van der Waals surface area contributed by atoms with E-state index in [1.54, 1.807) is 24.3 Å². The highest BCUT2D eigenvalue weighted by Crippen LogP contribution is 2.32. The van der Waals surface area contributed by atoms with E-state index in [-0.39, 0.29) is 18.6 Å². The molecule has 0 aliphatic rings. The standard InChI is InChI=1S/C26H25F4NO3/c1-2-3-7-24(34-23-14-8-17(16-20(23)27)9-15-25(32)33)22-6-4-5-21(31-22)18-10-12-19(13-11-18)26(28,29)30/h4-6,8,10-14,16,24H,2-3,7,9,15H2,1H3,(H,32,33)/t24-/m0/s1. The summed E-state index contributed by atoms with van der Waals surface area (Å²) in [5.41, 5.74) is 1.37. The van der Waals surface area contributed by atoms with Gasteiger partial charge < -0.3 is 9.84 Å². The number of carboxylic acids is 1. The first-order valence-corrected chi connectivity index (χ1v) is 11.0. The number of aliphatic carboxylic acids is 1. The van der Waals surface area contributed by atoms with Crippen LogP contribution in [0.5, 0.6) is 5.75 Å². The van der Waals surface area contributed by atoms with E-state index in [0.717, 1.165) is 25.0 Å². The number of carbonyl (C=O) groups is 1. The lowest BCUT2D eigenvalue weighted by Crippen LogP contribution is -2.11. The summed E-state index contributed by atoms with van der Waals surface area (Å²) >= 11 is 0. The summed E-state index contributed by atoms with van der Waals surface area (Å²) in [6, 6.07) is 14.3. The summed E-state index contributed by atoms with van der Waals surface area (Å²) < 4.78 is 59.2. The van der Waals surface area contributed by atoms with Gasteiger partial charge in [-0.25, -0.2) is 9.37 Å². The number of rotatable bonds is 10. The maximum Gasteiger partial charge on any atom is 0.416 e. The summed E-state index contributed by atoms with van der Waals surface area (Å²) in [6.45, 7) is 2.01. The third-order valence-corrected chi connectivity index (χ3v) is 5.32. The van der Waals surface area contributed by atoms with E-state index in [9.17, 15) is 22.4 Å². The van der Waals surface area contributed by atoms with Gasteiger partial charge in [-0.1, -0.05) is 37.6 Å². The Morgan fingerprint density at radius 1 is 1.09 bits per heavy atom. The molecule has 8 heteroatoms. The number of unbranched alkanes of at least 4 members (excludes halogenated alkanes) is 1. The molecule has 3 aromatic rings. The van der Waals surface area contributed by atoms with Crippen LogP contribution in [0, 0.1) is 5.82 Å². The fraction of sp³-hybridized carbons (Fsp3) is 0.308. The number of carboxylic acid groups (broad SMARTS) is 1. The molecule has 0 aliphatic heterocycles. The molecule has 3 rings (SSSR count). The minimum atomic E-state index is -4.42. The van der Waals surface area contributed by atoms with Crippen LogP contribution in [-0.2, 0) is 17.4 Å². The van der Waals surface area contributed by atoms with Crippen LogP contribution in [0.4, 0.5) is 17.6 Å². The smallest absolute Gasteiger partial charge is 0.416 e. The number of hydrogen-bond donors (Lipinski definition) is 1. The summed E-state index contributed by atoms with van der Waals surface area (Å²) in [5.74, 6) is -1.52. The normalized spacial score (nSPS) is 12.4. The van der Waals surface area contributed by atoms with Crippen molar-refractivity contribution in [3.05, 3.63) is 83.3 Å². The Morgan fingerprint density at radius 3 is 2.44 bits per heavy atom. The molecule has 0 aliphatic carbocycles. The van der Waals surface area contributed by atoms with Crippen molar-refractivity contribution in [1.82, 2.24) is 4.98 Å². The molecule has 0 radical (unpaired) electrons. The van der Waals surface area contributed by atoms with Gasteiger partial charge in [-0.15, -0.1) is 0 Å². The van der Waals surface area contributed by atoms with Crippen molar-refractivity contribution < 1.29 is 32.2 Å². The molecule has 4 nitrogen and oxygen atoms in total. The highest BCUT2D eigenvalue weighted by molar-refractivity contribution is 5.67. The van der Waals surface area contributed by atoms with Crippen molar-refractivity contribution in [3.8, 4) is 17.0 Å². The molecule has 0 saturated carbocycles. The average Bonchev–Trinajstić information content (AvgIpc) is 2.81. The topological polar surface area (TPSA) is 59.4 Å². The Labute approximate surface area is 195 Å². The Bertz CT molecular complexity index is 1110. The van der Waals surface area contributed by atoms with E-state index in [4.69, 9.17) is 9.84 Å². The molecule has 34 heavy (non-hydrogen) atoms. The number of aromatic nitrogens is 1. The van der Waals surface area contributed by atoms with Gasteiger partial charge in [0.05, 0.1) is 17.0 Å². The third kappa shape index (κ3) is 6.79. The van der Waals surface area contributed by atoms with Gasteiger partial charge in [-0.2, -0.15) is 13.2 Å². The van der Waals surface area contributed by atoms with Crippen LogP contribution in [0.2, 0.25) is 0 Å². The van der Waals surface area contributed by atoms with E-state index in [1.165, 1.54) is 24.3 Å². The third-order valence-electron chi connectivity index (χ3n) is 5.32. The molecule has 1 aromatic heterocycles. The zero-order valence-corrected chi connectivity index (χ0v) is 18.6. The number of pyridine rings is 1. The molecule has 0 saturated heterocycles. The SMILES string of the molecule is CCCC[C@H](Oc1ccc(CCC(=O)O)cc1F)c1cccc(-c2ccc(C(F)(F)F)cc2)n1. The quantitative estimate of drug-likeness (QED) is 0.314. The molecule has 1 heterocycles. The highest BCUT2D eigenvalue weighted by Gasteiger charge is 2.30. The molecule has 0 spiro atoms. The van der Waals surface area contributed by atoms with Gasteiger partial charge in [0.2, 0.25) is 0 Å². The van der Waals surface area contributed by atoms with Gasteiger partial charge in [-0.05, 0) is 61.2 Å². The predicted octanol–water partition coefficient (Wildman–Crippen LogP) is 7.23. The maximum atomic E-state index is 14.7. The lowest BCUT2D eigenvalue weighted by atomic mass is 10.1. The molecule has 0 fully saturated rings. The Balaban J connectivity index is 1.84. The predicted molar refractivity (Wildman–Crippen MR) is 120 cm³/mol. The summed E-state index contributed by atoms with van der Waals surface area (Å²) in [4.78, 5) is 15.3. The lowest BCUT2D eigenvalue weighted by Gasteiger charge is -2.20. The van der Waals surface area contributed by atoms with Gasteiger partial charge in [0.1, 0.15) is 6.10 Å². The minimum Gasteiger partial charge on any atom is -0.481 e. The van der Waals surface area contributed by atoms with Crippen LogP contribution in [0.1, 0.15) is 55.5 Å². The molecule has 0 bridgehead atoms. The molecular weight excluding hydrogens is 450 g/mol. The first-order chi connectivity index (χ1) is 16.2. The van der Waals surface area contributed by atoms with Crippen LogP contribution in [-0.4, -0.2) is 16.1 Å². The fourth-order valence-corrected chi connectivity index (χ4v) is 3.48. The molecule has 2 aromatic carbocycles. The van der Waals surface area contributed by atoms with Gasteiger partial charge >= 0.3 is 12.1 Å². The van der Waals surface area contributed by atoms with Crippen LogP contribution >= 0.6 is 0 Å². The largest absolute Gasteiger partial charge is 0.481 e. The van der Waals surface area contributed by atoms with Crippen LogP contribution < -0.4 is 4.74 Å². The van der Waals surface area contributed by atoms with E-state index >= 15 is 0 Å². The second-order valence-electron chi connectivity index (χ2n) is 7.93. The number of benzene rings is 2. The van der Waals surface area contributed by atoms with Crippen LogP contribution in [0.15, 0.2) is 60.7 Å². The number of nitrogens with zero attached hydrogens (tertiary/aromatic N) is 1. The summed E-state index contributed by atoms with van der Waals surface area (Å²) in [7, 11) is 0. The number of ether oxygens (including phenoxy) is 1. The second-order valence-corrected chi connectivity index (χ2v) is 7.93. The zero-order chi connectivity index (χ0) is 24.7. The zero-order valence-electron chi connectivity index (χ0n) is 18.6. The summed E-state index contributed by atoms with van der Waals surface area (Å²) in [5, 5.41) is 8.80. The minimum absolute atomic E-state index is 0.0295. The number of hydrogen-bond acceptors (Lipinski definition) is 3. The van der Waals surface area contributed by atoms with Gasteiger partial charge in [-0.3, -0.25) is 4.79 Å². The van der Waals surface area contributed by atoms with Crippen molar-refractivity contribution in [2.24, 2.45) is 0 Å². The van der Waals surface area contributed by atoms with Crippen molar-refractivity contribution in [3.63, 3.8) is 0 Å². The Kier molecular flexibility index (Phi) is 8.26. The number of alkyl halides is 3. The van der Waals surface area contributed by atoms with E-state index in [2.05, 4.69) is 4.98 Å². The molecule has 1 N–H and O–H groups in total. The van der Waals surface area contributed by atoms with Crippen molar-refractivity contribution in [2.45, 2.75) is 51.3 Å². The van der Waals surface area contributed by atoms with Gasteiger partial charge in [0.15, 0.2) is 11.6 Å². The molecule has 180 valence electrons. The van der Waals surface area contributed by atoms with Crippen LogP contribution in [0.3, 0.4) is 0 Å². The summed E-state index contributed by atoms with van der Waals surface area (Å²) in [6.07, 6.45) is -2.61. The average molecular weight is 475 g/mol. The first kappa shape index (κ1) is 25.2. The molecule has 0 amide bonds. The first-order valence-electron chi connectivity index (χ1n) is 11.0. The number of aryl methyl sites for hydroxylation is 1.